The Balaban J connectivity index is 1.91. The van der Waals surface area contributed by atoms with Crippen molar-refractivity contribution in [1.29, 1.82) is 0 Å². The van der Waals surface area contributed by atoms with Crippen molar-refractivity contribution in [2.45, 2.75) is 19.9 Å². The molecular weight excluding hydrogens is 270 g/mol. The smallest absolute Gasteiger partial charge is 0.346 e. The van der Waals surface area contributed by atoms with Gasteiger partial charge in [0.25, 0.3) is 0 Å². The molecule has 2 heterocycles. The van der Waals surface area contributed by atoms with Crippen LogP contribution in [-0.2, 0) is 13.0 Å². The lowest BCUT2D eigenvalue weighted by molar-refractivity contribution is 0.0701. The van der Waals surface area contributed by atoms with Crippen molar-refractivity contribution in [3.8, 4) is 0 Å². The maximum Gasteiger partial charge on any atom is 0.346 e. The average molecular weight is 287 g/mol. The fourth-order valence-corrected chi connectivity index (χ4v) is 3.66. The number of fused-ring (bicyclic) bond motifs is 1. The molecule has 0 spiro atoms. The summed E-state index contributed by atoms with van der Waals surface area (Å²) in [5.74, 6) is -0.231. The number of benzene rings is 1. The van der Waals surface area contributed by atoms with E-state index in [-0.39, 0.29) is 0 Å². The van der Waals surface area contributed by atoms with Crippen LogP contribution in [0.1, 0.15) is 27.7 Å². The van der Waals surface area contributed by atoms with Crippen LogP contribution in [0.3, 0.4) is 0 Å². The minimum atomic E-state index is -0.826. The molecular formula is C16H17NO2S. The van der Waals surface area contributed by atoms with Gasteiger partial charge in [-0.2, -0.15) is 0 Å². The highest BCUT2D eigenvalue weighted by Gasteiger charge is 2.23. The lowest BCUT2D eigenvalue weighted by Gasteiger charge is -2.34. The normalized spacial score (nSPS) is 17.9. The number of aromatic carboxylic acids is 1. The molecule has 4 heteroatoms. The molecule has 1 N–H and O–H groups in total. The van der Waals surface area contributed by atoms with Crippen LogP contribution in [0.25, 0.3) is 0 Å². The number of carbonyl (C=O) groups is 1. The Bertz CT molecular complexity index is 635. The molecule has 20 heavy (non-hydrogen) atoms. The minimum absolute atomic E-state index is 0.459. The summed E-state index contributed by atoms with van der Waals surface area (Å²) < 4.78 is 0. The monoisotopic (exact) mass is 287 g/mol. The SMILES string of the molecule is CC1Cc2ccccc2N(Cc2ccsc2C(=O)O)C1. The summed E-state index contributed by atoms with van der Waals surface area (Å²) in [7, 11) is 0. The van der Waals surface area contributed by atoms with Gasteiger partial charge in [0.15, 0.2) is 0 Å². The topological polar surface area (TPSA) is 40.5 Å². The third-order valence-corrected chi connectivity index (χ3v) is 4.68. The number of carboxylic acid groups (broad SMARTS) is 1. The number of rotatable bonds is 3. The predicted molar refractivity (Wildman–Crippen MR) is 81.6 cm³/mol. The van der Waals surface area contributed by atoms with E-state index in [1.807, 2.05) is 17.5 Å². The van der Waals surface area contributed by atoms with E-state index in [4.69, 9.17) is 0 Å². The summed E-state index contributed by atoms with van der Waals surface area (Å²) >= 11 is 1.30. The molecule has 0 aliphatic carbocycles. The Kier molecular flexibility index (Phi) is 3.49. The van der Waals surface area contributed by atoms with Crippen molar-refractivity contribution in [1.82, 2.24) is 0 Å². The Labute approximate surface area is 122 Å². The number of thiophene rings is 1. The molecule has 1 unspecified atom stereocenters. The number of carboxylic acids is 1. The zero-order valence-corrected chi connectivity index (χ0v) is 12.2. The molecule has 0 radical (unpaired) electrons. The van der Waals surface area contributed by atoms with E-state index in [0.717, 1.165) is 18.5 Å². The third kappa shape index (κ3) is 2.43. The zero-order chi connectivity index (χ0) is 14.1. The highest BCUT2D eigenvalue weighted by Crippen LogP contribution is 2.31. The lowest BCUT2D eigenvalue weighted by Crippen LogP contribution is -2.34. The second kappa shape index (κ2) is 5.29. The largest absolute Gasteiger partial charge is 0.477 e. The quantitative estimate of drug-likeness (QED) is 0.937. The van der Waals surface area contributed by atoms with Gasteiger partial charge < -0.3 is 10.0 Å². The molecule has 3 nitrogen and oxygen atoms in total. The number of para-hydroxylation sites is 1. The van der Waals surface area contributed by atoms with Crippen molar-refractivity contribution in [3.63, 3.8) is 0 Å². The average Bonchev–Trinajstić information content (AvgIpc) is 2.87. The standard InChI is InChI=1S/C16H17NO2S/c1-11-8-12-4-2-3-5-14(12)17(9-11)10-13-6-7-20-15(13)16(18)19/h2-7,11H,8-10H2,1H3,(H,18,19). The molecule has 2 aromatic rings. The molecule has 0 bridgehead atoms. The maximum atomic E-state index is 11.2. The molecule has 1 aromatic heterocycles. The van der Waals surface area contributed by atoms with E-state index < -0.39 is 5.97 Å². The van der Waals surface area contributed by atoms with Gasteiger partial charge in [0, 0.05) is 18.8 Å². The van der Waals surface area contributed by atoms with E-state index in [9.17, 15) is 9.90 Å². The summed E-state index contributed by atoms with van der Waals surface area (Å²) in [6.07, 6.45) is 1.10. The number of anilines is 1. The van der Waals surface area contributed by atoms with Gasteiger partial charge in [-0.1, -0.05) is 25.1 Å². The van der Waals surface area contributed by atoms with E-state index >= 15 is 0 Å². The Morgan fingerprint density at radius 1 is 1.40 bits per heavy atom. The second-order valence-corrected chi connectivity index (χ2v) is 6.31. The highest BCUT2D eigenvalue weighted by molar-refractivity contribution is 7.12. The van der Waals surface area contributed by atoms with Crippen molar-refractivity contribution in [2.75, 3.05) is 11.4 Å². The van der Waals surface area contributed by atoms with Crippen LogP contribution in [0, 0.1) is 5.92 Å². The molecule has 0 saturated heterocycles. The van der Waals surface area contributed by atoms with Crippen LogP contribution >= 0.6 is 11.3 Å². The molecule has 1 aliphatic rings. The molecule has 0 amide bonds. The van der Waals surface area contributed by atoms with Gasteiger partial charge in [-0.3, -0.25) is 0 Å². The zero-order valence-electron chi connectivity index (χ0n) is 11.4. The van der Waals surface area contributed by atoms with E-state index in [0.29, 0.717) is 17.3 Å². The Morgan fingerprint density at radius 3 is 3.00 bits per heavy atom. The lowest BCUT2D eigenvalue weighted by atomic mass is 9.93. The second-order valence-electron chi connectivity index (χ2n) is 5.40. The first-order valence-electron chi connectivity index (χ1n) is 6.77. The van der Waals surface area contributed by atoms with Gasteiger partial charge in [0.1, 0.15) is 4.88 Å². The fraction of sp³-hybridized carbons (Fsp3) is 0.312. The molecule has 0 fully saturated rings. The summed E-state index contributed by atoms with van der Waals surface area (Å²) in [6, 6.07) is 10.4. The summed E-state index contributed by atoms with van der Waals surface area (Å²) in [5, 5.41) is 11.1. The number of hydrogen-bond donors (Lipinski definition) is 1. The first-order valence-corrected chi connectivity index (χ1v) is 7.65. The van der Waals surface area contributed by atoms with Crippen LogP contribution in [0.4, 0.5) is 5.69 Å². The van der Waals surface area contributed by atoms with Crippen molar-refractivity contribution in [3.05, 3.63) is 51.7 Å². The molecule has 1 aromatic carbocycles. The van der Waals surface area contributed by atoms with Crippen LogP contribution in [0.5, 0.6) is 0 Å². The van der Waals surface area contributed by atoms with E-state index in [1.54, 1.807) is 0 Å². The number of nitrogens with zero attached hydrogens (tertiary/aromatic N) is 1. The van der Waals surface area contributed by atoms with Crippen molar-refractivity contribution in [2.24, 2.45) is 5.92 Å². The summed E-state index contributed by atoms with van der Waals surface area (Å²) in [5.41, 5.74) is 3.51. The van der Waals surface area contributed by atoms with Crippen molar-refractivity contribution >= 4 is 23.0 Å². The van der Waals surface area contributed by atoms with Gasteiger partial charge in [-0.15, -0.1) is 11.3 Å². The van der Waals surface area contributed by atoms with Crippen LogP contribution in [-0.4, -0.2) is 17.6 Å². The van der Waals surface area contributed by atoms with Gasteiger partial charge in [-0.25, -0.2) is 4.79 Å². The summed E-state index contributed by atoms with van der Waals surface area (Å²) in [6.45, 7) is 3.90. The van der Waals surface area contributed by atoms with E-state index in [2.05, 4.69) is 30.0 Å². The van der Waals surface area contributed by atoms with Gasteiger partial charge in [0.05, 0.1) is 0 Å². The first kappa shape index (κ1) is 13.2. The molecule has 104 valence electrons. The Hall–Kier alpha value is -1.81. The van der Waals surface area contributed by atoms with Crippen LogP contribution in [0.2, 0.25) is 0 Å². The minimum Gasteiger partial charge on any atom is -0.477 e. The van der Waals surface area contributed by atoms with Gasteiger partial charge in [0.2, 0.25) is 0 Å². The van der Waals surface area contributed by atoms with Crippen LogP contribution < -0.4 is 4.90 Å². The third-order valence-electron chi connectivity index (χ3n) is 3.73. The predicted octanol–water partition coefficient (Wildman–Crippen LogP) is 3.65. The molecule has 0 saturated carbocycles. The fourth-order valence-electron chi connectivity index (χ4n) is 2.91. The van der Waals surface area contributed by atoms with Gasteiger partial charge in [-0.05, 0) is 41.0 Å². The highest BCUT2D eigenvalue weighted by atomic mass is 32.1. The first-order chi connectivity index (χ1) is 9.65. The van der Waals surface area contributed by atoms with Crippen molar-refractivity contribution < 1.29 is 9.90 Å². The van der Waals surface area contributed by atoms with E-state index in [1.165, 1.54) is 22.6 Å². The maximum absolute atomic E-state index is 11.2. The molecule has 1 atom stereocenters. The van der Waals surface area contributed by atoms with Gasteiger partial charge >= 0.3 is 5.97 Å². The Morgan fingerprint density at radius 2 is 2.20 bits per heavy atom. The van der Waals surface area contributed by atoms with Crippen LogP contribution in [0.15, 0.2) is 35.7 Å². The molecule has 1 aliphatic heterocycles. The number of hydrogen-bond acceptors (Lipinski definition) is 3. The summed E-state index contributed by atoms with van der Waals surface area (Å²) in [4.78, 5) is 14.0. The molecule has 3 rings (SSSR count).